The fourth-order valence-corrected chi connectivity index (χ4v) is 7.70. The lowest BCUT2D eigenvalue weighted by atomic mass is 9.87. The summed E-state index contributed by atoms with van der Waals surface area (Å²) in [6.45, 7) is 10.6. The molecule has 2 aliphatic rings. The third-order valence-electron chi connectivity index (χ3n) is 9.19. The molecule has 50 heavy (non-hydrogen) atoms. The standard InChI is InChI=1S/C38H41N7O4S/c1-23-9-6-10-24(2)34(23)31-18-33-42-37(41-31)44-50(47,48)28-12-7-11-26(17-28)36(46)45(27(22-49-33)19-38(3,4)5)21-32-29(13-8-16-39-32)30-20-40-43-35(30)25-14-15-25/h6-13,16-18,20,25,27H,14-15,19,21-22H2,1-5H3,(H,40,43)(H,41,42,44)/t27-/m1/s1. The molecular formula is C38H41N7O4S. The molecule has 0 unspecified atom stereocenters. The molecule has 7 rings (SSSR count). The lowest BCUT2D eigenvalue weighted by Gasteiger charge is -2.36. The molecule has 0 spiro atoms. The summed E-state index contributed by atoms with van der Waals surface area (Å²) in [5, 5.41) is 7.54. The predicted molar refractivity (Wildman–Crippen MR) is 191 cm³/mol. The molecule has 1 saturated carbocycles. The van der Waals surface area contributed by atoms with Gasteiger partial charge in [0.2, 0.25) is 11.8 Å². The maximum Gasteiger partial charge on any atom is 0.264 e. The van der Waals surface area contributed by atoms with Crippen LogP contribution in [0.2, 0.25) is 0 Å². The van der Waals surface area contributed by atoms with Crippen LogP contribution in [0.5, 0.6) is 5.88 Å². The summed E-state index contributed by atoms with van der Waals surface area (Å²) in [6.07, 6.45) is 6.34. The number of H-pyrrole nitrogens is 1. The van der Waals surface area contributed by atoms with E-state index in [2.05, 4.69) is 45.7 Å². The minimum Gasteiger partial charge on any atom is -0.475 e. The Morgan fingerprint density at radius 1 is 0.960 bits per heavy atom. The molecule has 258 valence electrons. The third-order valence-corrected chi connectivity index (χ3v) is 10.5. The molecule has 12 heteroatoms. The summed E-state index contributed by atoms with van der Waals surface area (Å²) >= 11 is 0. The Bertz CT molecular complexity index is 2170. The number of amides is 1. The zero-order valence-electron chi connectivity index (χ0n) is 28.9. The zero-order valence-corrected chi connectivity index (χ0v) is 29.7. The number of carbonyl (C=O) groups is 1. The number of nitrogens with one attached hydrogen (secondary N) is 2. The van der Waals surface area contributed by atoms with Crippen molar-refractivity contribution in [2.45, 2.75) is 77.3 Å². The number of pyridine rings is 1. The van der Waals surface area contributed by atoms with Crippen LogP contribution in [0.15, 0.2) is 78.0 Å². The lowest BCUT2D eigenvalue weighted by Crippen LogP contribution is -2.45. The molecule has 1 fully saturated rings. The van der Waals surface area contributed by atoms with Crippen molar-refractivity contribution in [2.24, 2.45) is 5.41 Å². The van der Waals surface area contributed by atoms with Gasteiger partial charge in [-0.2, -0.15) is 10.1 Å². The first kappa shape index (κ1) is 33.4. The van der Waals surface area contributed by atoms with Crippen LogP contribution in [0.25, 0.3) is 22.4 Å². The van der Waals surface area contributed by atoms with Crippen molar-refractivity contribution in [3.05, 3.63) is 101 Å². The van der Waals surface area contributed by atoms with Gasteiger partial charge in [0, 0.05) is 46.1 Å². The first-order valence-corrected chi connectivity index (χ1v) is 18.3. The van der Waals surface area contributed by atoms with Gasteiger partial charge in [-0.25, -0.2) is 18.1 Å². The molecule has 4 heterocycles. The minimum absolute atomic E-state index is 0.0792. The highest BCUT2D eigenvalue weighted by molar-refractivity contribution is 7.92. The van der Waals surface area contributed by atoms with Gasteiger partial charge in [-0.3, -0.25) is 14.9 Å². The van der Waals surface area contributed by atoms with Crippen molar-refractivity contribution >= 4 is 21.9 Å². The SMILES string of the molecule is Cc1cccc(C)c1-c1cc2nc(n1)NS(=O)(=O)c1cccc(c1)C(=O)N(Cc1ncccc1-c1cn[nH]c1C1CC1)[C@H](CC(C)(C)C)CO2. The second-order valence-electron chi connectivity index (χ2n) is 14.4. The molecule has 1 aliphatic carbocycles. The predicted octanol–water partition coefficient (Wildman–Crippen LogP) is 7.06. The summed E-state index contributed by atoms with van der Waals surface area (Å²) < 4.78 is 36.5. The van der Waals surface area contributed by atoms with Gasteiger partial charge in [-0.15, -0.1) is 0 Å². The highest BCUT2D eigenvalue weighted by Crippen LogP contribution is 2.44. The number of fused-ring (bicyclic) bond motifs is 4. The number of hydrogen-bond donors (Lipinski definition) is 2. The Hall–Kier alpha value is -5.10. The van der Waals surface area contributed by atoms with Crippen molar-refractivity contribution in [2.75, 3.05) is 11.3 Å². The molecule has 0 radical (unpaired) electrons. The van der Waals surface area contributed by atoms with Gasteiger partial charge in [-0.1, -0.05) is 51.1 Å². The van der Waals surface area contributed by atoms with E-state index in [0.717, 1.165) is 46.4 Å². The van der Waals surface area contributed by atoms with Crippen LogP contribution in [0.1, 0.15) is 78.8 Å². The number of nitrogens with zero attached hydrogens (tertiary/aromatic N) is 5. The highest BCUT2D eigenvalue weighted by atomic mass is 32.2. The van der Waals surface area contributed by atoms with Crippen LogP contribution < -0.4 is 9.46 Å². The first-order valence-electron chi connectivity index (χ1n) is 16.9. The second-order valence-corrected chi connectivity index (χ2v) is 16.1. The molecule has 5 aromatic rings. The Kier molecular flexibility index (Phi) is 8.67. The second kappa shape index (κ2) is 13.0. The lowest BCUT2D eigenvalue weighted by molar-refractivity contribution is 0.0510. The molecule has 1 amide bonds. The summed E-state index contributed by atoms with van der Waals surface area (Å²) in [7, 11) is -4.19. The normalized spacial score (nSPS) is 17.6. The summed E-state index contributed by atoms with van der Waals surface area (Å²) in [5.74, 6) is 0.169. The number of aromatic amines is 1. The van der Waals surface area contributed by atoms with Crippen molar-refractivity contribution in [3.63, 3.8) is 0 Å². The third kappa shape index (κ3) is 6.98. The van der Waals surface area contributed by atoms with E-state index in [9.17, 15) is 13.2 Å². The molecule has 1 aliphatic heterocycles. The minimum atomic E-state index is -4.19. The summed E-state index contributed by atoms with van der Waals surface area (Å²) in [4.78, 5) is 30.3. The fraction of sp³-hybridized carbons (Fsp3) is 0.342. The number of ether oxygens (including phenoxy) is 1. The average molecular weight is 692 g/mol. The molecular weight excluding hydrogens is 651 g/mol. The monoisotopic (exact) mass is 691 g/mol. The fourth-order valence-electron chi connectivity index (χ4n) is 6.71. The van der Waals surface area contributed by atoms with Crippen molar-refractivity contribution in [1.82, 2.24) is 30.0 Å². The van der Waals surface area contributed by atoms with Gasteiger partial charge < -0.3 is 9.64 Å². The van der Waals surface area contributed by atoms with E-state index < -0.39 is 16.1 Å². The first-order chi connectivity index (χ1) is 23.9. The summed E-state index contributed by atoms with van der Waals surface area (Å²) in [5.41, 5.74) is 7.03. The number of benzene rings is 2. The number of hydrogen-bond acceptors (Lipinski definition) is 8. The maximum absolute atomic E-state index is 14.7. The van der Waals surface area contributed by atoms with E-state index in [0.29, 0.717) is 23.7 Å². The highest BCUT2D eigenvalue weighted by Gasteiger charge is 2.34. The van der Waals surface area contributed by atoms with E-state index in [1.807, 2.05) is 50.4 Å². The van der Waals surface area contributed by atoms with E-state index >= 15 is 0 Å². The smallest absolute Gasteiger partial charge is 0.264 e. The van der Waals surface area contributed by atoms with Gasteiger partial charge >= 0.3 is 0 Å². The number of sulfonamides is 1. The Labute approximate surface area is 292 Å². The van der Waals surface area contributed by atoms with E-state index in [1.165, 1.54) is 12.1 Å². The van der Waals surface area contributed by atoms with Gasteiger partial charge in [0.15, 0.2) is 0 Å². The van der Waals surface area contributed by atoms with Gasteiger partial charge in [0.1, 0.15) is 6.61 Å². The van der Waals surface area contributed by atoms with E-state index in [1.54, 1.807) is 29.3 Å². The maximum atomic E-state index is 14.7. The number of aryl methyl sites for hydroxylation is 2. The molecule has 11 nitrogen and oxygen atoms in total. The van der Waals surface area contributed by atoms with Crippen LogP contribution in [-0.2, 0) is 16.6 Å². The average Bonchev–Trinajstić information content (AvgIpc) is 3.80. The van der Waals surface area contributed by atoms with Gasteiger partial charge in [0.25, 0.3) is 15.9 Å². The number of carbonyl (C=O) groups excluding carboxylic acids is 1. The zero-order chi connectivity index (χ0) is 35.2. The molecule has 4 bridgehead atoms. The van der Waals surface area contributed by atoms with Crippen molar-refractivity contribution < 1.29 is 17.9 Å². The Morgan fingerprint density at radius 2 is 1.72 bits per heavy atom. The van der Waals surface area contributed by atoms with Crippen LogP contribution in [0.3, 0.4) is 0 Å². The molecule has 3 aromatic heterocycles. The van der Waals surface area contributed by atoms with Crippen molar-refractivity contribution in [1.29, 1.82) is 0 Å². The molecule has 2 N–H and O–H groups in total. The quantitative estimate of drug-likeness (QED) is 0.193. The largest absolute Gasteiger partial charge is 0.475 e. The number of anilines is 1. The molecule has 2 aromatic carbocycles. The Morgan fingerprint density at radius 3 is 2.46 bits per heavy atom. The molecule has 0 saturated heterocycles. The Balaban J connectivity index is 1.37. The topological polar surface area (TPSA) is 143 Å². The number of rotatable bonds is 6. The number of aromatic nitrogens is 5. The summed E-state index contributed by atoms with van der Waals surface area (Å²) in [6, 6.07) is 17.2. The van der Waals surface area contributed by atoms with Crippen LogP contribution in [0.4, 0.5) is 5.95 Å². The van der Waals surface area contributed by atoms with E-state index in [-0.39, 0.29) is 46.8 Å². The van der Waals surface area contributed by atoms with Crippen LogP contribution >= 0.6 is 0 Å². The molecule has 1 atom stereocenters. The van der Waals surface area contributed by atoms with Gasteiger partial charge in [-0.05, 0) is 73.9 Å². The van der Waals surface area contributed by atoms with Gasteiger partial charge in [0.05, 0.1) is 35.1 Å². The van der Waals surface area contributed by atoms with Crippen molar-refractivity contribution in [3.8, 4) is 28.3 Å². The van der Waals surface area contributed by atoms with E-state index in [4.69, 9.17) is 9.72 Å². The van der Waals surface area contributed by atoms with Crippen LogP contribution in [0, 0.1) is 19.3 Å². The van der Waals surface area contributed by atoms with Crippen LogP contribution in [-0.4, -0.2) is 57.0 Å².